The van der Waals surface area contributed by atoms with Crippen molar-refractivity contribution in [2.24, 2.45) is 0 Å². The van der Waals surface area contributed by atoms with Crippen molar-refractivity contribution in [3.05, 3.63) is 35.9 Å². The number of benzene rings is 1. The molecule has 29 heavy (non-hydrogen) atoms. The first-order valence-electron chi connectivity index (χ1n) is 10.4. The first kappa shape index (κ1) is 22.9. The highest BCUT2D eigenvalue weighted by molar-refractivity contribution is 6.74. The van der Waals surface area contributed by atoms with Crippen LogP contribution >= 0.6 is 0 Å². The van der Waals surface area contributed by atoms with E-state index in [9.17, 15) is 5.11 Å². The molecule has 2 unspecified atom stereocenters. The first-order chi connectivity index (χ1) is 13.6. The summed E-state index contributed by atoms with van der Waals surface area (Å²) < 4.78 is 30.7. The lowest BCUT2D eigenvalue weighted by Gasteiger charge is -2.42. The molecule has 2 aliphatic rings. The van der Waals surface area contributed by atoms with Crippen LogP contribution in [0.15, 0.2) is 30.3 Å². The summed E-state index contributed by atoms with van der Waals surface area (Å²) in [6.07, 6.45) is -1.10. The van der Waals surface area contributed by atoms with Crippen LogP contribution < -0.4 is 0 Å². The minimum absolute atomic E-state index is 0.0633. The minimum atomic E-state index is -2.06. The molecular weight excluding hydrogens is 388 g/mol. The lowest BCUT2D eigenvalue weighted by molar-refractivity contribution is -0.225. The molecule has 1 aromatic rings. The van der Waals surface area contributed by atoms with Crippen molar-refractivity contribution in [3.8, 4) is 0 Å². The lowest BCUT2D eigenvalue weighted by Crippen LogP contribution is -2.58. The molecule has 5 atom stereocenters. The van der Waals surface area contributed by atoms with Crippen LogP contribution in [0, 0.1) is 0 Å². The Morgan fingerprint density at radius 1 is 1.24 bits per heavy atom. The fourth-order valence-corrected chi connectivity index (χ4v) is 5.12. The van der Waals surface area contributed by atoms with Gasteiger partial charge in [-0.15, -0.1) is 0 Å². The Hall–Kier alpha value is -0.803. The van der Waals surface area contributed by atoms with E-state index in [1.807, 2.05) is 37.3 Å². The fraction of sp³-hybridized carbons (Fsp3) is 0.727. The van der Waals surface area contributed by atoms with Crippen LogP contribution in [0.2, 0.25) is 18.1 Å². The predicted octanol–water partition coefficient (Wildman–Crippen LogP) is 3.48. The normalized spacial score (nSPS) is 30.7. The number of hydrogen-bond donors (Lipinski definition) is 1. The summed E-state index contributed by atoms with van der Waals surface area (Å²) in [6, 6.07) is 9.92. The van der Waals surface area contributed by atoms with Gasteiger partial charge in [-0.25, -0.2) is 0 Å². The quantitative estimate of drug-likeness (QED) is 0.372. The lowest BCUT2D eigenvalue weighted by atomic mass is 9.92. The minimum Gasteiger partial charge on any atom is -0.408 e. The number of hydrogen-bond acceptors (Lipinski definition) is 6. The van der Waals surface area contributed by atoms with Crippen LogP contribution in [0.25, 0.3) is 0 Å². The third-order valence-corrected chi connectivity index (χ3v) is 11.0. The van der Waals surface area contributed by atoms with E-state index in [-0.39, 0.29) is 36.7 Å². The van der Waals surface area contributed by atoms with Gasteiger partial charge in [-0.1, -0.05) is 51.1 Å². The molecule has 2 heterocycles. The molecule has 2 saturated heterocycles. The Kier molecular flexibility index (Phi) is 6.90. The van der Waals surface area contributed by atoms with Crippen LogP contribution in [-0.4, -0.2) is 63.4 Å². The van der Waals surface area contributed by atoms with Crippen LogP contribution in [0.1, 0.15) is 33.3 Å². The van der Waals surface area contributed by atoms with Crippen molar-refractivity contribution < 1.29 is 28.5 Å². The van der Waals surface area contributed by atoms with E-state index in [1.54, 1.807) is 0 Å². The summed E-state index contributed by atoms with van der Waals surface area (Å²) in [5.74, 6) is 0. The molecule has 0 aliphatic carbocycles. The monoisotopic (exact) mass is 424 g/mol. The molecule has 164 valence electrons. The summed E-state index contributed by atoms with van der Waals surface area (Å²) in [4.78, 5) is 0. The highest BCUT2D eigenvalue weighted by Gasteiger charge is 2.66. The summed E-state index contributed by atoms with van der Waals surface area (Å²) >= 11 is 0. The Labute approximate surface area is 175 Å². The smallest absolute Gasteiger partial charge is 0.192 e. The molecule has 0 amide bonds. The average molecular weight is 425 g/mol. The molecule has 3 rings (SSSR count). The van der Waals surface area contributed by atoms with Gasteiger partial charge in [-0.3, -0.25) is 0 Å². The number of aliphatic hydroxyl groups excluding tert-OH is 1. The molecule has 7 heteroatoms. The van der Waals surface area contributed by atoms with E-state index < -0.39 is 20.0 Å². The van der Waals surface area contributed by atoms with Crippen LogP contribution in [0.4, 0.5) is 0 Å². The van der Waals surface area contributed by atoms with Gasteiger partial charge in [0.25, 0.3) is 0 Å². The Bertz CT molecular complexity index is 661. The molecular formula is C22H36O6Si. The van der Waals surface area contributed by atoms with Gasteiger partial charge in [0.2, 0.25) is 0 Å². The molecule has 0 aromatic heterocycles. The maximum atomic E-state index is 10.1. The molecule has 0 spiro atoms. The van der Waals surface area contributed by atoms with Gasteiger partial charge in [-0.2, -0.15) is 0 Å². The molecule has 2 bridgehead atoms. The highest BCUT2D eigenvalue weighted by atomic mass is 28.4. The van der Waals surface area contributed by atoms with Crippen LogP contribution in [-0.2, 0) is 30.0 Å². The van der Waals surface area contributed by atoms with Gasteiger partial charge in [-0.05, 0) is 30.6 Å². The van der Waals surface area contributed by atoms with Gasteiger partial charge < -0.3 is 28.5 Å². The highest BCUT2D eigenvalue weighted by Crippen LogP contribution is 2.48. The number of fused-ring (bicyclic) bond motifs is 2. The summed E-state index contributed by atoms with van der Waals surface area (Å²) in [5, 5.41) is 10.2. The van der Waals surface area contributed by atoms with E-state index in [1.165, 1.54) is 0 Å². The fourth-order valence-electron chi connectivity index (χ4n) is 3.80. The summed E-state index contributed by atoms with van der Waals surface area (Å²) in [5.41, 5.74) is 0.258. The Morgan fingerprint density at radius 3 is 2.52 bits per heavy atom. The topological polar surface area (TPSA) is 66.4 Å². The van der Waals surface area contributed by atoms with Crippen molar-refractivity contribution in [2.45, 2.75) is 82.5 Å². The second-order valence-electron chi connectivity index (χ2n) is 9.64. The third-order valence-electron chi connectivity index (χ3n) is 6.55. The molecule has 1 aromatic carbocycles. The molecule has 0 radical (unpaired) electrons. The van der Waals surface area contributed by atoms with E-state index in [0.717, 1.165) is 5.56 Å². The van der Waals surface area contributed by atoms with Gasteiger partial charge >= 0.3 is 0 Å². The van der Waals surface area contributed by atoms with Crippen molar-refractivity contribution in [3.63, 3.8) is 0 Å². The molecule has 0 saturated carbocycles. The van der Waals surface area contributed by atoms with Gasteiger partial charge in [0.05, 0.1) is 25.9 Å². The van der Waals surface area contributed by atoms with Crippen molar-refractivity contribution in [1.82, 2.24) is 0 Å². The van der Waals surface area contributed by atoms with Crippen molar-refractivity contribution >= 4 is 8.32 Å². The number of aliphatic hydroxyl groups is 1. The third kappa shape index (κ3) is 4.61. The van der Waals surface area contributed by atoms with E-state index in [4.69, 9.17) is 23.4 Å². The zero-order valence-electron chi connectivity index (χ0n) is 18.5. The molecule has 2 aliphatic heterocycles. The van der Waals surface area contributed by atoms with Crippen molar-refractivity contribution in [2.75, 3.05) is 20.0 Å². The average Bonchev–Trinajstić information content (AvgIpc) is 3.12. The van der Waals surface area contributed by atoms with Crippen molar-refractivity contribution in [1.29, 1.82) is 0 Å². The zero-order chi connectivity index (χ0) is 21.3. The van der Waals surface area contributed by atoms with Gasteiger partial charge in [0.1, 0.15) is 30.7 Å². The maximum absolute atomic E-state index is 10.1. The second kappa shape index (κ2) is 8.75. The van der Waals surface area contributed by atoms with Crippen LogP contribution in [0.3, 0.4) is 0 Å². The summed E-state index contributed by atoms with van der Waals surface area (Å²) in [7, 11) is -2.06. The second-order valence-corrected chi connectivity index (χ2v) is 14.4. The zero-order valence-corrected chi connectivity index (χ0v) is 19.5. The van der Waals surface area contributed by atoms with Gasteiger partial charge in [0.15, 0.2) is 8.32 Å². The standard InChI is InChI=1S/C22H36O6Si/c1-16-19-20(28-29(5,6)21(2,3)4)22(27-16,14-25-19)18(12-23)26-15-24-13-17-10-8-7-9-11-17/h7-11,16,18-20,23H,12-15H2,1-6H3/t16-,18-,19?,20-,22?/m0/s1. The van der Waals surface area contributed by atoms with E-state index in [0.29, 0.717) is 13.2 Å². The molecule has 1 N–H and O–H groups in total. The molecule has 6 nitrogen and oxygen atoms in total. The first-order valence-corrected chi connectivity index (χ1v) is 13.3. The Morgan fingerprint density at radius 2 is 1.93 bits per heavy atom. The van der Waals surface area contributed by atoms with E-state index in [2.05, 4.69) is 33.9 Å². The molecule has 2 fully saturated rings. The van der Waals surface area contributed by atoms with Crippen LogP contribution in [0.5, 0.6) is 0 Å². The maximum Gasteiger partial charge on any atom is 0.192 e. The SMILES string of the molecule is C[C@@H]1OC2([C@H](CO)OCOCc3ccccc3)COC1[C@@H]2O[Si](C)(C)C(C)(C)C. The predicted molar refractivity (Wildman–Crippen MR) is 113 cm³/mol. The summed E-state index contributed by atoms with van der Waals surface area (Å²) in [6.45, 7) is 13.8. The van der Waals surface area contributed by atoms with Gasteiger partial charge in [0, 0.05) is 0 Å². The van der Waals surface area contributed by atoms with E-state index >= 15 is 0 Å². The Balaban J connectivity index is 1.67. The number of rotatable bonds is 9. The largest absolute Gasteiger partial charge is 0.408 e. The number of ether oxygens (including phenoxy) is 4.